The van der Waals surface area contributed by atoms with Gasteiger partial charge in [0.1, 0.15) is 0 Å². The quantitative estimate of drug-likeness (QED) is 0.889. The highest BCUT2D eigenvalue weighted by Gasteiger charge is 2.31. The Labute approximate surface area is 154 Å². The van der Waals surface area contributed by atoms with Gasteiger partial charge in [-0.1, -0.05) is 22.9 Å². The van der Waals surface area contributed by atoms with Gasteiger partial charge in [0, 0.05) is 30.8 Å². The van der Waals surface area contributed by atoms with Gasteiger partial charge in [0.05, 0.1) is 17.8 Å². The van der Waals surface area contributed by atoms with E-state index in [2.05, 4.69) is 35.5 Å². The highest BCUT2D eigenvalue weighted by atomic mass is 16.5. The molecule has 6 heteroatoms. The van der Waals surface area contributed by atoms with Gasteiger partial charge in [0.2, 0.25) is 5.91 Å². The van der Waals surface area contributed by atoms with Crippen LogP contribution in [-0.2, 0) is 16.1 Å². The molecule has 1 aromatic carbocycles. The maximum Gasteiger partial charge on any atom is 0.226 e. The molecule has 6 nitrogen and oxygen atoms in total. The number of aryl methyl sites for hydroxylation is 3. The predicted octanol–water partition coefficient (Wildman–Crippen LogP) is 3.60. The van der Waals surface area contributed by atoms with E-state index < -0.39 is 0 Å². The van der Waals surface area contributed by atoms with Crippen molar-refractivity contribution >= 4 is 11.6 Å². The monoisotopic (exact) mass is 356 g/mol. The third-order valence-electron chi connectivity index (χ3n) is 4.90. The largest absolute Gasteiger partial charge is 0.376 e. The van der Waals surface area contributed by atoms with Crippen molar-refractivity contribution in [3.8, 4) is 0 Å². The fraction of sp³-hybridized carbons (Fsp3) is 0.550. The van der Waals surface area contributed by atoms with Gasteiger partial charge in [-0.25, -0.2) is 0 Å². The minimum Gasteiger partial charge on any atom is -0.376 e. The predicted molar refractivity (Wildman–Crippen MR) is 101 cm³/mol. The first-order valence-electron chi connectivity index (χ1n) is 9.23. The number of anilines is 1. The molecule has 0 radical (unpaired) electrons. The molecule has 1 atom stereocenters. The summed E-state index contributed by atoms with van der Waals surface area (Å²) in [5.41, 5.74) is 4.01. The minimum atomic E-state index is -0.113. The van der Waals surface area contributed by atoms with E-state index >= 15 is 0 Å². The summed E-state index contributed by atoms with van der Waals surface area (Å²) in [4.78, 5) is 12.2. The molecular formula is C20H28N4O2. The van der Waals surface area contributed by atoms with Gasteiger partial charge in [0.25, 0.3) is 0 Å². The SMILES string of the molecule is Cc1ccc(NC(=O)CCn2cc(C3CCOC(C)(C)C3)nn2)c(C)c1. The zero-order chi connectivity index (χ0) is 18.7. The van der Waals surface area contributed by atoms with Crippen molar-refractivity contribution in [2.75, 3.05) is 11.9 Å². The van der Waals surface area contributed by atoms with E-state index in [9.17, 15) is 4.79 Å². The van der Waals surface area contributed by atoms with Crippen LogP contribution in [0.2, 0.25) is 0 Å². The average molecular weight is 356 g/mol. The number of hydrogen-bond donors (Lipinski definition) is 1. The van der Waals surface area contributed by atoms with Crippen molar-refractivity contribution < 1.29 is 9.53 Å². The second-order valence-corrected chi connectivity index (χ2v) is 7.82. The van der Waals surface area contributed by atoms with Gasteiger partial charge >= 0.3 is 0 Å². The molecule has 0 saturated carbocycles. The number of hydrogen-bond acceptors (Lipinski definition) is 4. The maximum absolute atomic E-state index is 12.2. The van der Waals surface area contributed by atoms with E-state index in [4.69, 9.17) is 4.74 Å². The Morgan fingerprint density at radius 2 is 2.19 bits per heavy atom. The standard InChI is InChI=1S/C20H28N4O2/c1-14-5-6-17(15(2)11-14)21-19(25)7-9-24-13-18(22-23-24)16-8-10-26-20(3,4)12-16/h5-6,11,13,16H,7-10,12H2,1-4H3,(H,21,25). The van der Waals surface area contributed by atoms with Gasteiger partial charge in [-0.15, -0.1) is 5.10 Å². The fourth-order valence-electron chi connectivity index (χ4n) is 3.48. The summed E-state index contributed by atoms with van der Waals surface area (Å²) >= 11 is 0. The summed E-state index contributed by atoms with van der Waals surface area (Å²) < 4.78 is 7.53. The number of carbonyl (C=O) groups is 1. The van der Waals surface area contributed by atoms with E-state index in [0.29, 0.717) is 18.9 Å². The number of nitrogens with zero attached hydrogens (tertiary/aromatic N) is 3. The first-order valence-corrected chi connectivity index (χ1v) is 9.23. The van der Waals surface area contributed by atoms with Crippen molar-refractivity contribution in [1.29, 1.82) is 0 Å². The molecule has 26 heavy (non-hydrogen) atoms. The van der Waals surface area contributed by atoms with Crippen molar-refractivity contribution in [3.05, 3.63) is 41.2 Å². The second kappa shape index (κ2) is 7.58. The molecule has 2 heterocycles. The molecule has 140 valence electrons. The molecule has 1 N–H and O–H groups in total. The van der Waals surface area contributed by atoms with E-state index in [1.165, 1.54) is 5.56 Å². The molecule has 0 aliphatic carbocycles. The molecule has 1 unspecified atom stereocenters. The topological polar surface area (TPSA) is 69.0 Å². The molecule has 0 bridgehead atoms. The molecule has 2 aromatic rings. The Bertz CT molecular complexity index is 782. The van der Waals surface area contributed by atoms with Crippen molar-refractivity contribution in [3.63, 3.8) is 0 Å². The Morgan fingerprint density at radius 1 is 1.38 bits per heavy atom. The second-order valence-electron chi connectivity index (χ2n) is 7.82. The smallest absolute Gasteiger partial charge is 0.226 e. The lowest BCUT2D eigenvalue weighted by molar-refractivity contribution is -0.116. The molecular weight excluding hydrogens is 328 g/mol. The molecule has 1 aliphatic heterocycles. The van der Waals surface area contributed by atoms with Gasteiger partial charge < -0.3 is 10.1 Å². The zero-order valence-electron chi connectivity index (χ0n) is 16.1. The first-order chi connectivity index (χ1) is 12.3. The molecule has 1 aromatic heterocycles. The van der Waals surface area contributed by atoms with Crippen LogP contribution in [0.5, 0.6) is 0 Å². The number of rotatable bonds is 5. The van der Waals surface area contributed by atoms with Crippen LogP contribution in [0.15, 0.2) is 24.4 Å². The zero-order valence-corrected chi connectivity index (χ0v) is 16.1. The summed E-state index contributed by atoms with van der Waals surface area (Å²) in [5, 5.41) is 11.5. The number of amides is 1. The van der Waals surface area contributed by atoms with Crippen LogP contribution >= 0.6 is 0 Å². The van der Waals surface area contributed by atoms with Gasteiger partial charge in [-0.3, -0.25) is 9.48 Å². The van der Waals surface area contributed by atoms with E-state index in [1.54, 1.807) is 4.68 Å². The van der Waals surface area contributed by atoms with Crippen LogP contribution in [0.25, 0.3) is 0 Å². The number of aromatic nitrogens is 3. The van der Waals surface area contributed by atoms with Crippen molar-refractivity contribution in [1.82, 2.24) is 15.0 Å². The van der Waals surface area contributed by atoms with Crippen LogP contribution < -0.4 is 5.32 Å². The number of carbonyl (C=O) groups excluding carboxylic acids is 1. The number of benzene rings is 1. The molecule has 1 saturated heterocycles. The van der Waals surface area contributed by atoms with Crippen LogP contribution in [0.4, 0.5) is 5.69 Å². The van der Waals surface area contributed by atoms with E-state index in [1.807, 2.05) is 32.2 Å². The summed E-state index contributed by atoms with van der Waals surface area (Å²) in [5.74, 6) is 0.359. The third-order valence-corrected chi connectivity index (χ3v) is 4.90. The summed E-state index contributed by atoms with van der Waals surface area (Å²) in [6.07, 6.45) is 4.25. The molecule has 1 aliphatic rings. The van der Waals surface area contributed by atoms with E-state index in [0.717, 1.165) is 36.4 Å². The highest BCUT2D eigenvalue weighted by Crippen LogP contribution is 2.34. The first kappa shape index (κ1) is 18.6. The Balaban J connectivity index is 1.53. The van der Waals surface area contributed by atoms with Crippen LogP contribution in [0.1, 0.15) is 55.8 Å². The Morgan fingerprint density at radius 3 is 2.92 bits per heavy atom. The number of ether oxygens (including phenoxy) is 1. The van der Waals surface area contributed by atoms with E-state index in [-0.39, 0.29) is 11.5 Å². The summed E-state index contributed by atoms with van der Waals surface area (Å²) in [6.45, 7) is 9.54. The van der Waals surface area contributed by atoms with Gasteiger partial charge in [-0.2, -0.15) is 0 Å². The Kier molecular flexibility index (Phi) is 5.41. The molecule has 0 spiro atoms. The van der Waals surface area contributed by atoms with Crippen LogP contribution in [0, 0.1) is 13.8 Å². The highest BCUT2D eigenvalue weighted by molar-refractivity contribution is 5.91. The van der Waals surface area contributed by atoms with Gasteiger partial charge in [-0.05, 0) is 52.2 Å². The lowest BCUT2D eigenvalue weighted by Crippen LogP contribution is -2.33. The normalized spacial score (nSPS) is 19.3. The minimum absolute atomic E-state index is 0.0128. The summed E-state index contributed by atoms with van der Waals surface area (Å²) in [7, 11) is 0. The number of nitrogens with one attached hydrogen (secondary N) is 1. The van der Waals surface area contributed by atoms with Crippen molar-refractivity contribution in [2.24, 2.45) is 0 Å². The molecule has 1 fully saturated rings. The van der Waals surface area contributed by atoms with Gasteiger partial charge in [0.15, 0.2) is 0 Å². The lowest BCUT2D eigenvalue weighted by atomic mass is 9.86. The molecule has 1 amide bonds. The maximum atomic E-state index is 12.2. The Hall–Kier alpha value is -2.21. The van der Waals surface area contributed by atoms with Crippen LogP contribution in [0.3, 0.4) is 0 Å². The van der Waals surface area contributed by atoms with Crippen LogP contribution in [-0.4, -0.2) is 33.1 Å². The summed E-state index contributed by atoms with van der Waals surface area (Å²) in [6, 6.07) is 6.01. The average Bonchev–Trinajstić information content (AvgIpc) is 3.04. The molecule has 3 rings (SSSR count). The third kappa shape index (κ3) is 4.69. The fourth-order valence-corrected chi connectivity index (χ4v) is 3.48. The van der Waals surface area contributed by atoms with Crippen molar-refractivity contribution in [2.45, 2.75) is 65.0 Å². The lowest BCUT2D eigenvalue weighted by Gasteiger charge is -2.34.